The maximum Gasteiger partial charge on any atom is 1.00 e. The van der Waals surface area contributed by atoms with Crippen molar-refractivity contribution in [3.8, 4) is 22.3 Å². The first-order valence-corrected chi connectivity index (χ1v) is 30.3. The van der Waals surface area contributed by atoms with Crippen LogP contribution in [0.25, 0.3) is 22.3 Å². The van der Waals surface area contributed by atoms with Crippen molar-refractivity contribution in [3.63, 3.8) is 0 Å². The molecule has 0 aromatic heterocycles. The van der Waals surface area contributed by atoms with Crippen LogP contribution in [0.2, 0.25) is 0 Å². The summed E-state index contributed by atoms with van der Waals surface area (Å²) in [6.45, 7) is 10.1. The molecule has 2 amide bonds. The zero-order valence-electron chi connectivity index (χ0n) is 46.7. The van der Waals surface area contributed by atoms with E-state index in [1.54, 1.807) is 24.3 Å². The van der Waals surface area contributed by atoms with E-state index in [-0.39, 0.29) is 95.6 Å². The van der Waals surface area contributed by atoms with Gasteiger partial charge in [-0.05, 0) is 122 Å². The van der Waals surface area contributed by atoms with Gasteiger partial charge in [0, 0.05) is 47.9 Å². The third-order valence-electron chi connectivity index (χ3n) is 13.8. The minimum atomic E-state index is -3.62. The molecule has 16 heteroatoms. The summed E-state index contributed by atoms with van der Waals surface area (Å²) >= 11 is 0. The maximum atomic E-state index is 13.8. The van der Waals surface area contributed by atoms with E-state index < -0.39 is 62.4 Å². The van der Waals surface area contributed by atoms with Crippen LogP contribution in [0.3, 0.4) is 0 Å². The molecule has 6 aromatic rings. The summed E-state index contributed by atoms with van der Waals surface area (Å²) in [5, 5.41) is 23.7. The van der Waals surface area contributed by atoms with Gasteiger partial charge in [0.15, 0.2) is 0 Å². The van der Waals surface area contributed by atoms with Crippen LogP contribution in [0.5, 0.6) is 0 Å². The molecule has 12 nitrogen and oxygen atoms in total. The van der Waals surface area contributed by atoms with Crippen molar-refractivity contribution >= 4 is 49.9 Å². The summed E-state index contributed by atoms with van der Waals surface area (Å²) in [7, 11) is -7.24. The number of benzene rings is 6. The average Bonchev–Trinajstić information content (AvgIpc) is 3.41. The maximum absolute atomic E-state index is 13.8. The molecule has 4 unspecified atom stereocenters. The molecule has 0 bridgehead atoms. The van der Waals surface area contributed by atoms with Gasteiger partial charge < -0.3 is 39.4 Å². The first-order valence-electron chi connectivity index (χ1n) is 26.3. The number of carbonyl (C=O) groups excluding carboxylic acids is 4. The van der Waals surface area contributed by atoms with Crippen LogP contribution in [0.1, 0.15) is 78.4 Å². The molecular formula is C62H74N2Na2O10P2. The van der Waals surface area contributed by atoms with Gasteiger partial charge in [0.05, 0.1) is 24.0 Å². The average molecular weight is 1120 g/mol. The molecule has 0 spiro atoms. The van der Waals surface area contributed by atoms with E-state index in [0.29, 0.717) is 24.2 Å². The molecule has 78 heavy (non-hydrogen) atoms. The third-order valence-corrected chi connectivity index (χ3v) is 17.7. The van der Waals surface area contributed by atoms with Gasteiger partial charge in [0.2, 0.25) is 26.6 Å². The fourth-order valence-electron chi connectivity index (χ4n) is 9.15. The van der Waals surface area contributed by atoms with Gasteiger partial charge in [-0.2, -0.15) is 0 Å². The second kappa shape index (κ2) is 33.4. The number of rotatable bonds is 26. The number of amides is 2. The van der Waals surface area contributed by atoms with Crippen molar-refractivity contribution in [3.05, 3.63) is 181 Å². The Kier molecular flexibility index (Phi) is 29.0. The molecule has 0 heterocycles. The van der Waals surface area contributed by atoms with E-state index >= 15 is 0 Å². The molecule has 0 radical (unpaired) electrons. The van der Waals surface area contributed by atoms with Gasteiger partial charge in [-0.15, -0.1) is 0 Å². The van der Waals surface area contributed by atoms with E-state index in [1.165, 1.54) is 34.8 Å². The van der Waals surface area contributed by atoms with Crippen LogP contribution in [-0.2, 0) is 41.1 Å². The van der Waals surface area contributed by atoms with Crippen LogP contribution in [0, 0.1) is 23.7 Å². The Hall–Kier alpha value is -4.42. The molecule has 0 saturated carbocycles. The number of hydrogen-bond acceptors (Lipinski definition) is 8. The van der Waals surface area contributed by atoms with Gasteiger partial charge in [0.25, 0.3) is 0 Å². The number of carboxylic acids is 2. The molecule has 6 aromatic carbocycles. The molecular weight excluding hydrogens is 1040 g/mol. The number of hydrogen-bond donors (Lipinski definition) is 2. The number of unbranched alkanes of at least 4 members (excludes halogenated alkanes) is 2. The van der Waals surface area contributed by atoms with Gasteiger partial charge in [-0.25, -0.2) is 0 Å². The Morgan fingerprint density at radius 3 is 0.962 bits per heavy atom. The summed E-state index contributed by atoms with van der Waals surface area (Å²) in [5.41, 5.74) is 7.04. The fraction of sp³-hybridized carbons (Fsp3) is 0.355. The van der Waals surface area contributed by atoms with E-state index in [9.17, 15) is 48.3 Å². The second-order valence-corrected chi connectivity index (χ2v) is 25.3. The van der Waals surface area contributed by atoms with Crippen molar-refractivity contribution in [1.29, 1.82) is 0 Å². The van der Waals surface area contributed by atoms with Crippen molar-refractivity contribution < 1.29 is 107 Å². The summed E-state index contributed by atoms with van der Waals surface area (Å²) in [6, 6.07) is 51.1. The van der Waals surface area contributed by atoms with Crippen molar-refractivity contribution in [1.82, 2.24) is 0 Å². The van der Waals surface area contributed by atoms with Crippen molar-refractivity contribution in [2.75, 3.05) is 34.4 Å². The van der Waals surface area contributed by atoms with E-state index in [1.807, 2.05) is 173 Å². The predicted octanol–water partition coefficient (Wildman–Crippen LogP) is 4.79. The standard InChI is InChI=1S/2C31H38NO5P.2Na/c2*1-23(2)29(22-38(36,37)21-11-10-14-25-12-6-4-7-13-25)30(33)32(24(3)31(34)35)28-19-17-27(18-20-28)26-15-8-5-9-16-26;;/h2*4-9,12-13,15-20,23-24,29H,10-11,14,21-22H2,1-3H3,(H,34,35)(H,36,37);;/q;;2*+1/p-2/t2*24-,29?;;/m00../s1. The molecule has 0 aliphatic heterocycles. The third kappa shape index (κ3) is 21.2. The largest absolute Gasteiger partial charge is 1.00 e. The van der Waals surface area contributed by atoms with Crippen LogP contribution in [-0.4, -0.2) is 70.3 Å². The van der Waals surface area contributed by atoms with Crippen LogP contribution in [0.15, 0.2) is 170 Å². The first kappa shape index (κ1) is 67.9. The number of anilines is 2. The molecule has 6 rings (SSSR count). The van der Waals surface area contributed by atoms with Gasteiger partial charge >= 0.3 is 59.1 Å². The second-order valence-electron chi connectivity index (χ2n) is 20.3. The molecule has 2 N–H and O–H groups in total. The monoisotopic (exact) mass is 1110 g/mol. The normalized spacial score (nSPS) is 14.1. The minimum Gasteiger partial charge on any atom is -0.548 e. The fourth-order valence-corrected chi connectivity index (χ4v) is 13.3. The minimum absolute atomic E-state index is 0. The summed E-state index contributed by atoms with van der Waals surface area (Å²) in [6.07, 6.45) is 4.21. The van der Waals surface area contributed by atoms with Crippen LogP contribution < -0.4 is 79.1 Å². The summed E-state index contributed by atoms with van der Waals surface area (Å²) < 4.78 is 26.3. The van der Waals surface area contributed by atoms with Crippen molar-refractivity contribution in [2.45, 2.75) is 92.2 Å². The van der Waals surface area contributed by atoms with E-state index in [4.69, 9.17) is 0 Å². The summed E-state index contributed by atoms with van der Waals surface area (Å²) in [5.74, 6) is -5.88. The Morgan fingerprint density at radius 2 is 0.692 bits per heavy atom. The molecule has 6 atom stereocenters. The Balaban J connectivity index is 0.000000400. The smallest absolute Gasteiger partial charge is 0.548 e. The number of carboxylic acid groups (broad SMARTS) is 2. The Bertz CT molecular complexity index is 2670. The zero-order valence-corrected chi connectivity index (χ0v) is 52.4. The summed E-state index contributed by atoms with van der Waals surface area (Å²) in [4.78, 5) is 75.3. The topological polar surface area (TPSA) is 195 Å². The van der Waals surface area contributed by atoms with Crippen LogP contribution >= 0.6 is 14.7 Å². The van der Waals surface area contributed by atoms with Crippen LogP contribution in [0.4, 0.5) is 11.4 Å². The molecule has 0 saturated heterocycles. The quantitative estimate of drug-likeness (QED) is 0.0434. The number of aliphatic carboxylic acids is 2. The first-order chi connectivity index (χ1) is 36.2. The Morgan fingerprint density at radius 1 is 0.423 bits per heavy atom. The molecule has 0 aliphatic rings. The number of nitrogens with zero attached hydrogens (tertiary/aromatic N) is 2. The Labute approximate surface area is 506 Å². The van der Waals surface area contributed by atoms with E-state index in [0.717, 1.165) is 47.9 Å². The molecule has 0 fully saturated rings. The number of carbonyl (C=O) groups is 4. The van der Waals surface area contributed by atoms with Gasteiger partial charge in [-0.1, -0.05) is 173 Å². The number of aryl methyl sites for hydroxylation is 2. The van der Waals surface area contributed by atoms with E-state index in [2.05, 4.69) is 0 Å². The zero-order chi connectivity index (χ0) is 55.4. The molecule has 404 valence electrons. The van der Waals surface area contributed by atoms with Crippen molar-refractivity contribution in [2.24, 2.45) is 23.7 Å². The van der Waals surface area contributed by atoms with Gasteiger partial charge in [-0.3, -0.25) is 18.7 Å². The van der Waals surface area contributed by atoms with Gasteiger partial charge in [0.1, 0.15) is 0 Å². The predicted molar refractivity (Wildman–Crippen MR) is 302 cm³/mol. The SMILES string of the molecule is CC(C)C(CP(=O)(O)CCCCc1ccccc1)C(=O)N(c1ccc(-c2ccccc2)cc1)[C@@H](C)C(=O)[O-].CC(C)C(CP(=O)(O)CCCCc1ccccc1)C(=O)N(c1ccc(-c2ccccc2)cc1)[C@@H](C)C(=O)[O-].[Na+].[Na+]. The molecule has 0 aliphatic carbocycles.